The van der Waals surface area contributed by atoms with Crippen LogP contribution in [0, 0.1) is 13.8 Å². The number of nitrogens with zero attached hydrogens (tertiary/aromatic N) is 2. The van der Waals surface area contributed by atoms with Gasteiger partial charge in [-0.2, -0.15) is 0 Å². The maximum absolute atomic E-state index is 12.2. The molecule has 3 rings (SSSR count). The number of para-hydroxylation sites is 1. The third kappa shape index (κ3) is 5.31. The third-order valence-corrected chi connectivity index (χ3v) is 4.74. The van der Waals surface area contributed by atoms with Crippen LogP contribution < -0.4 is 15.5 Å². The van der Waals surface area contributed by atoms with Crippen LogP contribution in [0.1, 0.15) is 11.1 Å². The van der Waals surface area contributed by atoms with E-state index in [-0.39, 0.29) is 12.5 Å². The first kappa shape index (κ1) is 18.9. The zero-order valence-corrected chi connectivity index (χ0v) is 15.9. The van der Waals surface area contributed by atoms with E-state index < -0.39 is 6.03 Å². The number of piperazine rings is 1. The van der Waals surface area contributed by atoms with Crippen LogP contribution in [0.4, 0.5) is 16.2 Å². The van der Waals surface area contributed by atoms with E-state index in [9.17, 15) is 9.59 Å². The van der Waals surface area contributed by atoms with Crippen molar-refractivity contribution in [1.82, 2.24) is 10.2 Å². The average Bonchev–Trinajstić information content (AvgIpc) is 2.65. The number of amides is 3. The van der Waals surface area contributed by atoms with Gasteiger partial charge in [0.25, 0.3) is 0 Å². The summed E-state index contributed by atoms with van der Waals surface area (Å²) in [6.45, 7) is 7.47. The predicted octanol–water partition coefficient (Wildman–Crippen LogP) is 2.77. The first-order chi connectivity index (χ1) is 13.0. The molecule has 0 atom stereocenters. The topological polar surface area (TPSA) is 64.7 Å². The largest absolute Gasteiger partial charge is 0.369 e. The van der Waals surface area contributed by atoms with Gasteiger partial charge in [-0.25, -0.2) is 4.79 Å². The Morgan fingerprint density at radius 3 is 2.33 bits per heavy atom. The predicted molar refractivity (Wildman–Crippen MR) is 108 cm³/mol. The zero-order valence-electron chi connectivity index (χ0n) is 15.9. The molecule has 1 heterocycles. The zero-order chi connectivity index (χ0) is 19.2. The highest BCUT2D eigenvalue weighted by Crippen LogP contribution is 2.16. The van der Waals surface area contributed by atoms with Crippen LogP contribution in [-0.2, 0) is 4.79 Å². The number of hydrogen-bond donors (Lipinski definition) is 2. The maximum Gasteiger partial charge on any atom is 0.325 e. The molecule has 0 saturated carbocycles. The number of benzene rings is 2. The van der Waals surface area contributed by atoms with Crippen LogP contribution in [0.2, 0.25) is 0 Å². The molecule has 1 aliphatic rings. The number of imide groups is 1. The third-order valence-electron chi connectivity index (χ3n) is 4.74. The van der Waals surface area contributed by atoms with Gasteiger partial charge in [0.15, 0.2) is 0 Å². The van der Waals surface area contributed by atoms with Crippen LogP contribution >= 0.6 is 0 Å². The van der Waals surface area contributed by atoms with Crippen LogP contribution in [0.5, 0.6) is 0 Å². The van der Waals surface area contributed by atoms with Gasteiger partial charge in [0, 0.05) is 37.6 Å². The van der Waals surface area contributed by atoms with Gasteiger partial charge in [-0.15, -0.1) is 0 Å². The highest BCUT2D eigenvalue weighted by atomic mass is 16.2. The fourth-order valence-electron chi connectivity index (χ4n) is 3.28. The molecule has 0 unspecified atom stereocenters. The minimum Gasteiger partial charge on any atom is -0.369 e. The van der Waals surface area contributed by atoms with Crippen molar-refractivity contribution in [1.29, 1.82) is 0 Å². The number of rotatable bonds is 4. The molecular weight excluding hydrogens is 340 g/mol. The van der Waals surface area contributed by atoms with Crippen molar-refractivity contribution in [2.75, 3.05) is 42.9 Å². The van der Waals surface area contributed by atoms with E-state index in [1.165, 1.54) is 5.69 Å². The number of anilines is 2. The summed E-state index contributed by atoms with van der Waals surface area (Å²) in [6, 6.07) is 15.5. The summed E-state index contributed by atoms with van der Waals surface area (Å²) in [7, 11) is 0. The normalized spacial score (nSPS) is 14.7. The second-order valence-electron chi connectivity index (χ2n) is 6.92. The van der Waals surface area contributed by atoms with Gasteiger partial charge in [0.05, 0.1) is 6.54 Å². The molecule has 27 heavy (non-hydrogen) atoms. The van der Waals surface area contributed by atoms with Crippen LogP contribution in [0.15, 0.2) is 48.5 Å². The first-order valence-electron chi connectivity index (χ1n) is 9.22. The highest BCUT2D eigenvalue weighted by molar-refractivity contribution is 6.02. The fourth-order valence-corrected chi connectivity index (χ4v) is 3.28. The van der Waals surface area contributed by atoms with E-state index in [1.807, 2.05) is 50.2 Å². The average molecular weight is 366 g/mol. The van der Waals surface area contributed by atoms with Gasteiger partial charge in [-0.3, -0.25) is 15.0 Å². The number of urea groups is 1. The van der Waals surface area contributed by atoms with Crippen molar-refractivity contribution in [3.05, 3.63) is 59.7 Å². The van der Waals surface area contributed by atoms with Crippen molar-refractivity contribution < 1.29 is 9.59 Å². The molecule has 6 heteroatoms. The van der Waals surface area contributed by atoms with Gasteiger partial charge >= 0.3 is 6.03 Å². The van der Waals surface area contributed by atoms with Crippen LogP contribution in [0.25, 0.3) is 0 Å². The van der Waals surface area contributed by atoms with E-state index in [4.69, 9.17) is 0 Å². The lowest BCUT2D eigenvalue weighted by Gasteiger charge is -2.35. The van der Waals surface area contributed by atoms with Gasteiger partial charge in [0.1, 0.15) is 0 Å². The molecule has 2 aromatic rings. The highest BCUT2D eigenvalue weighted by Gasteiger charge is 2.20. The molecule has 2 N–H and O–H groups in total. The summed E-state index contributed by atoms with van der Waals surface area (Å²) in [5.74, 6) is -0.287. The maximum atomic E-state index is 12.2. The molecule has 6 nitrogen and oxygen atoms in total. The van der Waals surface area contributed by atoms with Crippen molar-refractivity contribution in [2.45, 2.75) is 13.8 Å². The summed E-state index contributed by atoms with van der Waals surface area (Å²) in [5, 5.41) is 5.15. The van der Waals surface area contributed by atoms with E-state index in [2.05, 4.69) is 32.6 Å². The Morgan fingerprint density at radius 1 is 0.963 bits per heavy atom. The molecule has 2 aromatic carbocycles. The van der Waals surface area contributed by atoms with Gasteiger partial charge in [-0.05, 0) is 37.6 Å². The van der Waals surface area contributed by atoms with E-state index in [0.29, 0.717) is 5.69 Å². The van der Waals surface area contributed by atoms with E-state index >= 15 is 0 Å². The quantitative estimate of drug-likeness (QED) is 0.873. The molecule has 1 fully saturated rings. The molecule has 142 valence electrons. The standard InChI is InChI=1S/C21H26N4O2/c1-16-8-9-19(17(2)14-16)22-21(27)23-20(26)15-24-10-12-25(13-11-24)18-6-4-3-5-7-18/h3-9,14H,10-13,15H2,1-2H3,(H2,22,23,26,27). The Hall–Kier alpha value is -2.86. The summed E-state index contributed by atoms with van der Waals surface area (Å²) in [5.41, 5.74) is 4.01. The number of carbonyl (C=O) groups is 2. The van der Waals surface area contributed by atoms with Crippen molar-refractivity contribution in [3.8, 4) is 0 Å². The minimum atomic E-state index is -0.491. The molecule has 0 radical (unpaired) electrons. The Bertz CT molecular complexity index is 799. The SMILES string of the molecule is Cc1ccc(NC(=O)NC(=O)CN2CCN(c3ccccc3)CC2)c(C)c1. The molecule has 3 amide bonds. The molecular formula is C21H26N4O2. The van der Waals surface area contributed by atoms with Crippen molar-refractivity contribution in [2.24, 2.45) is 0 Å². The Morgan fingerprint density at radius 2 is 1.67 bits per heavy atom. The van der Waals surface area contributed by atoms with Crippen molar-refractivity contribution in [3.63, 3.8) is 0 Å². The molecule has 0 spiro atoms. The Kier molecular flexibility index (Phi) is 6.08. The summed E-state index contributed by atoms with van der Waals surface area (Å²) in [4.78, 5) is 28.6. The van der Waals surface area contributed by atoms with E-state index in [0.717, 1.165) is 37.3 Å². The lowest BCUT2D eigenvalue weighted by Crippen LogP contribution is -2.50. The monoisotopic (exact) mass is 366 g/mol. The first-order valence-corrected chi connectivity index (χ1v) is 9.22. The van der Waals surface area contributed by atoms with Crippen LogP contribution in [-0.4, -0.2) is 49.6 Å². The van der Waals surface area contributed by atoms with Gasteiger partial charge < -0.3 is 10.2 Å². The number of nitrogens with one attached hydrogen (secondary N) is 2. The smallest absolute Gasteiger partial charge is 0.325 e. The lowest BCUT2D eigenvalue weighted by molar-refractivity contribution is -0.121. The lowest BCUT2D eigenvalue weighted by atomic mass is 10.1. The Balaban J connectivity index is 1.44. The second-order valence-corrected chi connectivity index (χ2v) is 6.92. The minimum absolute atomic E-state index is 0.225. The second kappa shape index (κ2) is 8.68. The summed E-state index contributed by atoms with van der Waals surface area (Å²) >= 11 is 0. The molecule has 0 aliphatic carbocycles. The van der Waals surface area contributed by atoms with Crippen molar-refractivity contribution >= 4 is 23.3 Å². The summed E-state index contributed by atoms with van der Waals surface area (Å²) < 4.78 is 0. The fraction of sp³-hybridized carbons (Fsp3) is 0.333. The summed E-state index contributed by atoms with van der Waals surface area (Å²) in [6.07, 6.45) is 0. The van der Waals surface area contributed by atoms with Crippen LogP contribution in [0.3, 0.4) is 0 Å². The van der Waals surface area contributed by atoms with Gasteiger partial charge in [0.2, 0.25) is 5.91 Å². The molecule has 0 bridgehead atoms. The van der Waals surface area contributed by atoms with Gasteiger partial charge in [-0.1, -0.05) is 35.9 Å². The molecule has 1 saturated heterocycles. The Labute approximate surface area is 160 Å². The number of carbonyl (C=O) groups excluding carboxylic acids is 2. The van der Waals surface area contributed by atoms with E-state index in [1.54, 1.807) is 0 Å². The molecule has 0 aromatic heterocycles. The number of hydrogen-bond acceptors (Lipinski definition) is 4. The number of aryl methyl sites for hydroxylation is 2. The molecule has 1 aliphatic heterocycles.